The molecule has 1 aromatic carbocycles. The molecule has 0 aromatic heterocycles. The summed E-state index contributed by atoms with van der Waals surface area (Å²) in [5, 5.41) is 7.57. The molecule has 0 unspecified atom stereocenters. The Balaban J connectivity index is 2.26. The number of carbonyl (C=O) groups is 2. The molecule has 6 heteroatoms. The summed E-state index contributed by atoms with van der Waals surface area (Å²) in [4.78, 5) is 22.4. The zero-order valence-electron chi connectivity index (χ0n) is 10.1. The lowest BCUT2D eigenvalue weighted by Gasteiger charge is -2.07. The Kier molecular flexibility index (Phi) is 5.63. The van der Waals surface area contributed by atoms with Crippen LogP contribution < -0.4 is 16.0 Å². The predicted octanol–water partition coefficient (Wildman–Crippen LogP) is 0.875. The first-order chi connectivity index (χ1) is 8.65. The number of carbonyl (C=O) groups excluding carboxylic acids is 2. The molecule has 0 fully saturated rings. The summed E-state index contributed by atoms with van der Waals surface area (Å²) in [5.41, 5.74) is 0.0248. The van der Waals surface area contributed by atoms with Gasteiger partial charge >= 0.3 is 6.03 Å². The topological polar surface area (TPSA) is 70.2 Å². The summed E-state index contributed by atoms with van der Waals surface area (Å²) in [6.07, 6.45) is 0.577. The fourth-order valence-electron chi connectivity index (χ4n) is 1.32. The molecule has 0 radical (unpaired) electrons. The van der Waals surface area contributed by atoms with Crippen molar-refractivity contribution in [3.63, 3.8) is 0 Å². The quantitative estimate of drug-likeness (QED) is 0.682. The molecule has 5 nitrogen and oxygen atoms in total. The van der Waals surface area contributed by atoms with Gasteiger partial charge in [0.2, 0.25) is 0 Å². The highest BCUT2D eigenvalue weighted by molar-refractivity contribution is 5.94. The highest BCUT2D eigenvalue weighted by Gasteiger charge is 2.09. The molecule has 0 atom stereocenters. The summed E-state index contributed by atoms with van der Waals surface area (Å²) in [6, 6.07) is 5.52. The van der Waals surface area contributed by atoms with Crippen molar-refractivity contribution in [2.45, 2.75) is 6.42 Å². The van der Waals surface area contributed by atoms with Crippen LogP contribution in [0.15, 0.2) is 24.3 Å². The number of hydrogen-bond acceptors (Lipinski definition) is 2. The first-order valence-electron chi connectivity index (χ1n) is 5.63. The van der Waals surface area contributed by atoms with Crippen LogP contribution >= 0.6 is 0 Å². The van der Waals surface area contributed by atoms with Gasteiger partial charge in [0.25, 0.3) is 5.91 Å². The Morgan fingerprint density at radius 2 is 1.83 bits per heavy atom. The molecule has 1 rings (SSSR count). The summed E-state index contributed by atoms with van der Waals surface area (Å²) < 4.78 is 13.2. The molecule has 0 aliphatic heterocycles. The van der Waals surface area contributed by atoms with Crippen molar-refractivity contribution in [3.05, 3.63) is 35.6 Å². The number of rotatable bonds is 5. The van der Waals surface area contributed by atoms with Gasteiger partial charge in [-0.25, -0.2) is 9.18 Å². The first kappa shape index (κ1) is 14.0. The van der Waals surface area contributed by atoms with E-state index in [2.05, 4.69) is 16.0 Å². The largest absolute Gasteiger partial charge is 0.352 e. The molecule has 0 aliphatic carbocycles. The molecule has 0 saturated carbocycles. The van der Waals surface area contributed by atoms with E-state index in [0.717, 1.165) is 0 Å². The van der Waals surface area contributed by atoms with Crippen LogP contribution in [-0.2, 0) is 0 Å². The molecule has 98 valence electrons. The molecule has 18 heavy (non-hydrogen) atoms. The van der Waals surface area contributed by atoms with Crippen LogP contribution in [0.3, 0.4) is 0 Å². The second kappa shape index (κ2) is 7.26. The van der Waals surface area contributed by atoms with E-state index >= 15 is 0 Å². The second-order valence-corrected chi connectivity index (χ2v) is 3.60. The summed E-state index contributed by atoms with van der Waals surface area (Å²) in [5.74, 6) is -0.994. The lowest BCUT2D eigenvalue weighted by molar-refractivity contribution is 0.0949. The van der Waals surface area contributed by atoms with E-state index in [9.17, 15) is 14.0 Å². The maximum Gasteiger partial charge on any atom is 0.314 e. The van der Waals surface area contributed by atoms with Gasteiger partial charge in [-0.3, -0.25) is 4.79 Å². The SMILES string of the molecule is CNC(=O)NCCCNC(=O)c1ccccc1F. The van der Waals surface area contributed by atoms with Crippen molar-refractivity contribution in [1.29, 1.82) is 0 Å². The molecule has 0 bridgehead atoms. The van der Waals surface area contributed by atoms with E-state index in [1.165, 1.54) is 25.2 Å². The van der Waals surface area contributed by atoms with Gasteiger partial charge in [-0.05, 0) is 18.6 Å². The van der Waals surface area contributed by atoms with E-state index in [1.807, 2.05) is 0 Å². The van der Waals surface area contributed by atoms with Crippen LogP contribution in [0.25, 0.3) is 0 Å². The lowest BCUT2D eigenvalue weighted by Crippen LogP contribution is -2.35. The Labute approximate surface area is 105 Å². The third kappa shape index (κ3) is 4.40. The zero-order chi connectivity index (χ0) is 13.4. The Bertz CT molecular complexity index is 424. The van der Waals surface area contributed by atoms with Gasteiger partial charge in [0.1, 0.15) is 5.82 Å². The normalized spacial score (nSPS) is 9.67. The highest BCUT2D eigenvalue weighted by atomic mass is 19.1. The van der Waals surface area contributed by atoms with Crippen LogP contribution in [0.5, 0.6) is 0 Å². The van der Waals surface area contributed by atoms with Crippen LogP contribution in [0.2, 0.25) is 0 Å². The summed E-state index contributed by atoms with van der Waals surface area (Å²) >= 11 is 0. The standard InChI is InChI=1S/C12H16FN3O2/c1-14-12(18)16-8-4-7-15-11(17)9-5-2-3-6-10(9)13/h2-3,5-6H,4,7-8H2,1H3,(H,15,17)(H2,14,16,18). The fraction of sp³-hybridized carbons (Fsp3) is 0.333. The maximum absolute atomic E-state index is 13.2. The molecule has 3 N–H and O–H groups in total. The van der Waals surface area contributed by atoms with Crippen LogP contribution in [0.1, 0.15) is 16.8 Å². The molecular weight excluding hydrogens is 237 g/mol. The van der Waals surface area contributed by atoms with Gasteiger partial charge in [0.05, 0.1) is 5.56 Å². The molecule has 0 saturated heterocycles. The van der Waals surface area contributed by atoms with Gasteiger partial charge in [-0.1, -0.05) is 12.1 Å². The van der Waals surface area contributed by atoms with Crippen molar-refractivity contribution < 1.29 is 14.0 Å². The van der Waals surface area contributed by atoms with E-state index in [1.54, 1.807) is 6.07 Å². The average molecular weight is 253 g/mol. The van der Waals surface area contributed by atoms with Gasteiger partial charge in [-0.2, -0.15) is 0 Å². The van der Waals surface area contributed by atoms with Crippen molar-refractivity contribution in [2.24, 2.45) is 0 Å². The lowest BCUT2D eigenvalue weighted by atomic mass is 10.2. The smallest absolute Gasteiger partial charge is 0.314 e. The zero-order valence-corrected chi connectivity index (χ0v) is 10.1. The monoisotopic (exact) mass is 253 g/mol. The minimum absolute atomic E-state index is 0.0248. The maximum atomic E-state index is 13.2. The fourth-order valence-corrected chi connectivity index (χ4v) is 1.32. The van der Waals surface area contributed by atoms with Gasteiger partial charge < -0.3 is 16.0 Å². The Morgan fingerprint density at radius 3 is 2.50 bits per heavy atom. The summed E-state index contributed by atoms with van der Waals surface area (Å²) in [7, 11) is 1.52. The number of halogens is 1. The van der Waals surface area contributed by atoms with Gasteiger partial charge in [0.15, 0.2) is 0 Å². The van der Waals surface area contributed by atoms with Crippen molar-refractivity contribution >= 4 is 11.9 Å². The number of benzene rings is 1. The third-order valence-electron chi connectivity index (χ3n) is 2.27. The van der Waals surface area contributed by atoms with E-state index < -0.39 is 11.7 Å². The van der Waals surface area contributed by atoms with E-state index in [4.69, 9.17) is 0 Å². The van der Waals surface area contributed by atoms with Crippen molar-refractivity contribution in [3.8, 4) is 0 Å². The molecular formula is C12H16FN3O2. The second-order valence-electron chi connectivity index (χ2n) is 3.60. The van der Waals surface area contributed by atoms with E-state index in [0.29, 0.717) is 19.5 Å². The Hall–Kier alpha value is -2.11. The highest BCUT2D eigenvalue weighted by Crippen LogP contribution is 2.05. The van der Waals surface area contributed by atoms with Crippen LogP contribution in [0, 0.1) is 5.82 Å². The molecule has 3 amide bonds. The van der Waals surface area contributed by atoms with E-state index in [-0.39, 0.29) is 11.6 Å². The number of urea groups is 1. The number of amides is 3. The molecule has 1 aromatic rings. The van der Waals surface area contributed by atoms with Gasteiger partial charge in [-0.15, -0.1) is 0 Å². The number of hydrogen-bond donors (Lipinski definition) is 3. The minimum atomic E-state index is -0.543. The first-order valence-corrected chi connectivity index (χ1v) is 5.63. The van der Waals surface area contributed by atoms with Crippen LogP contribution in [-0.4, -0.2) is 32.1 Å². The third-order valence-corrected chi connectivity index (χ3v) is 2.27. The number of nitrogens with one attached hydrogen (secondary N) is 3. The molecule has 0 spiro atoms. The predicted molar refractivity (Wildman–Crippen MR) is 65.8 cm³/mol. The average Bonchev–Trinajstić information content (AvgIpc) is 2.38. The molecule has 0 heterocycles. The van der Waals surface area contributed by atoms with Crippen molar-refractivity contribution in [2.75, 3.05) is 20.1 Å². The summed E-state index contributed by atoms with van der Waals surface area (Å²) in [6.45, 7) is 0.814. The van der Waals surface area contributed by atoms with Crippen molar-refractivity contribution in [1.82, 2.24) is 16.0 Å². The Morgan fingerprint density at radius 1 is 1.17 bits per heavy atom. The molecule has 0 aliphatic rings. The van der Waals surface area contributed by atoms with Gasteiger partial charge in [0, 0.05) is 20.1 Å². The van der Waals surface area contributed by atoms with Crippen LogP contribution in [0.4, 0.5) is 9.18 Å². The minimum Gasteiger partial charge on any atom is -0.352 e.